The van der Waals surface area contributed by atoms with Gasteiger partial charge < -0.3 is 20.2 Å². The summed E-state index contributed by atoms with van der Waals surface area (Å²) in [7, 11) is -1.07. The molecule has 9 nitrogen and oxygen atoms in total. The summed E-state index contributed by atoms with van der Waals surface area (Å²) in [5.74, 6) is 2.84. The van der Waals surface area contributed by atoms with Crippen LogP contribution in [0.3, 0.4) is 0 Å². The van der Waals surface area contributed by atoms with Crippen LogP contribution >= 0.6 is 0 Å². The molecule has 5 rings (SSSR count). The van der Waals surface area contributed by atoms with Gasteiger partial charge in [0, 0.05) is 44.5 Å². The van der Waals surface area contributed by atoms with Gasteiger partial charge in [-0.25, -0.2) is 15.0 Å². The monoisotopic (exact) mass is 401 g/mol. The Bertz CT molecular complexity index is 898. The van der Waals surface area contributed by atoms with Crippen LogP contribution in [0.4, 0.5) is 17.6 Å². The topological polar surface area (TPSA) is 107 Å². The predicted molar refractivity (Wildman–Crippen MR) is 106 cm³/mol. The lowest BCUT2D eigenvalue weighted by Gasteiger charge is -2.35. The molecule has 1 unspecified atom stereocenters. The van der Waals surface area contributed by atoms with E-state index >= 15 is 0 Å². The number of aromatic nitrogens is 4. The second-order valence-electron chi connectivity index (χ2n) is 7.55. The minimum absolute atomic E-state index is 0.0609. The second-order valence-corrected chi connectivity index (χ2v) is 9.06. The Morgan fingerprint density at radius 2 is 1.96 bits per heavy atom. The van der Waals surface area contributed by atoms with Crippen molar-refractivity contribution < 1.29 is 9.32 Å². The molecule has 2 N–H and O–H groups in total. The van der Waals surface area contributed by atoms with Crippen molar-refractivity contribution in [2.75, 3.05) is 53.7 Å². The van der Waals surface area contributed by atoms with Gasteiger partial charge in [0.1, 0.15) is 22.9 Å². The molecule has 3 aliphatic rings. The molecule has 0 radical (unpaired) electrons. The number of aliphatic hydroxyl groups excluding tert-OH is 1. The summed E-state index contributed by atoms with van der Waals surface area (Å²) in [6, 6.07) is 1.92. The van der Waals surface area contributed by atoms with Crippen molar-refractivity contribution in [3.05, 3.63) is 24.3 Å². The zero-order chi connectivity index (χ0) is 19.1. The normalized spacial score (nSPS) is 22.8. The van der Waals surface area contributed by atoms with Crippen LogP contribution in [-0.4, -0.2) is 73.3 Å². The van der Waals surface area contributed by atoms with Crippen LogP contribution in [0, 0.1) is 0 Å². The molecule has 0 amide bonds. The van der Waals surface area contributed by atoms with Crippen LogP contribution in [-0.2, 0) is 17.2 Å². The molecule has 0 aromatic carbocycles. The van der Waals surface area contributed by atoms with Gasteiger partial charge in [-0.2, -0.15) is 4.98 Å². The smallest absolute Gasteiger partial charge is 0.227 e. The number of hydrogen-bond donors (Lipinski definition) is 2. The van der Waals surface area contributed by atoms with Gasteiger partial charge in [-0.05, 0) is 18.9 Å². The van der Waals surface area contributed by atoms with Gasteiger partial charge >= 0.3 is 0 Å². The summed E-state index contributed by atoms with van der Waals surface area (Å²) in [6.07, 6.45) is 5.84. The Kier molecular flexibility index (Phi) is 4.39. The lowest BCUT2D eigenvalue weighted by atomic mass is 10.2. The standard InChI is InChI=1S/C18H23N7O2S/c26-11-18(3-4-18)23-16-15-13(2-10-28(15)27)21-17(22-16)25-8-6-24(7-9-25)14-1-5-19-12-20-14/h1,5,12,26H,2-4,6-11H2,(H,21,22,23). The lowest BCUT2D eigenvalue weighted by molar-refractivity contribution is 0.265. The average Bonchev–Trinajstić information content (AvgIpc) is 3.42. The molecule has 2 aromatic rings. The zero-order valence-corrected chi connectivity index (χ0v) is 16.4. The van der Waals surface area contributed by atoms with Crippen molar-refractivity contribution in [3.8, 4) is 0 Å². The fourth-order valence-electron chi connectivity index (χ4n) is 3.74. The van der Waals surface area contributed by atoms with Crippen LogP contribution in [0.15, 0.2) is 23.5 Å². The third-order valence-electron chi connectivity index (χ3n) is 5.67. The molecule has 28 heavy (non-hydrogen) atoms. The van der Waals surface area contributed by atoms with Gasteiger partial charge in [0.25, 0.3) is 0 Å². The van der Waals surface area contributed by atoms with E-state index in [1.807, 2.05) is 6.07 Å². The maximum Gasteiger partial charge on any atom is 0.227 e. The third kappa shape index (κ3) is 3.20. The van der Waals surface area contributed by atoms with Crippen molar-refractivity contribution in [3.63, 3.8) is 0 Å². The summed E-state index contributed by atoms with van der Waals surface area (Å²) >= 11 is 0. The van der Waals surface area contributed by atoms with E-state index in [1.54, 1.807) is 12.5 Å². The molecule has 0 bridgehead atoms. The fourth-order valence-corrected chi connectivity index (χ4v) is 5.05. The number of hydrogen-bond acceptors (Lipinski definition) is 9. The first-order valence-electron chi connectivity index (χ1n) is 9.62. The zero-order valence-electron chi connectivity index (χ0n) is 15.5. The number of fused-ring (bicyclic) bond motifs is 1. The van der Waals surface area contributed by atoms with E-state index < -0.39 is 10.8 Å². The molecule has 2 fully saturated rings. The van der Waals surface area contributed by atoms with Gasteiger partial charge in [0.05, 0.1) is 28.6 Å². The van der Waals surface area contributed by atoms with E-state index in [0.717, 1.165) is 55.4 Å². The van der Waals surface area contributed by atoms with E-state index in [2.05, 4.69) is 25.1 Å². The Hall–Kier alpha value is -2.33. The van der Waals surface area contributed by atoms with E-state index in [1.165, 1.54) is 0 Å². The maximum absolute atomic E-state index is 12.5. The van der Waals surface area contributed by atoms with Gasteiger partial charge in [0.2, 0.25) is 5.95 Å². The number of piperazine rings is 1. The maximum atomic E-state index is 12.5. The summed E-state index contributed by atoms with van der Waals surface area (Å²) in [5.41, 5.74) is 0.565. The van der Waals surface area contributed by atoms with E-state index in [0.29, 0.717) is 23.9 Å². The van der Waals surface area contributed by atoms with Crippen molar-refractivity contribution in [1.29, 1.82) is 0 Å². The quantitative estimate of drug-likeness (QED) is 0.726. The van der Waals surface area contributed by atoms with E-state index in [-0.39, 0.29) is 12.1 Å². The predicted octanol–water partition coefficient (Wildman–Crippen LogP) is 0.194. The highest BCUT2D eigenvalue weighted by molar-refractivity contribution is 7.85. The highest BCUT2D eigenvalue weighted by atomic mass is 32.2. The molecular weight excluding hydrogens is 378 g/mol. The molecule has 1 aliphatic carbocycles. The largest absolute Gasteiger partial charge is 0.394 e. The molecule has 0 spiro atoms. The van der Waals surface area contributed by atoms with Crippen LogP contribution in [0.5, 0.6) is 0 Å². The van der Waals surface area contributed by atoms with Gasteiger partial charge in [-0.1, -0.05) is 0 Å². The first-order chi connectivity index (χ1) is 13.7. The minimum atomic E-state index is -1.07. The van der Waals surface area contributed by atoms with Crippen LogP contribution in [0.2, 0.25) is 0 Å². The number of nitrogens with one attached hydrogen (secondary N) is 1. The number of rotatable bonds is 5. The highest BCUT2D eigenvalue weighted by Crippen LogP contribution is 2.41. The molecule has 1 saturated carbocycles. The average molecular weight is 401 g/mol. The van der Waals surface area contributed by atoms with Gasteiger partial charge in [-0.15, -0.1) is 0 Å². The van der Waals surface area contributed by atoms with E-state index in [9.17, 15) is 9.32 Å². The van der Waals surface area contributed by atoms with Crippen LogP contribution < -0.4 is 15.1 Å². The van der Waals surface area contributed by atoms with Gasteiger partial charge in [0.15, 0.2) is 0 Å². The third-order valence-corrected chi connectivity index (χ3v) is 7.13. The summed E-state index contributed by atoms with van der Waals surface area (Å²) in [6.45, 7) is 3.29. The molecule has 2 aromatic heterocycles. The fraction of sp³-hybridized carbons (Fsp3) is 0.556. The van der Waals surface area contributed by atoms with Crippen molar-refractivity contribution >= 4 is 28.4 Å². The number of nitrogens with zero attached hydrogens (tertiary/aromatic N) is 6. The molecule has 10 heteroatoms. The Labute approximate surface area is 165 Å². The Morgan fingerprint density at radius 3 is 2.64 bits per heavy atom. The Balaban J connectivity index is 1.38. The molecule has 148 valence electrons. The Morgan fingerprint density at radius 1 is 1.18 bits per heavy atom. The lowest BCUT2D eigenvalue weighted by Crippen LogP contribution is -2.47. The minimum Gasteiger partial charge on any atom is -0.394 e. The van der Waals surface area contributed by atoms with Crippen molar-refractivity contribution in [2.45, 2.75) is 29.7 Å². The van der Waals surface area contributed by atoms with Crippen molar-refractivity contribution in [2.24, 2.45) is 0 Å². The summed E-state index contributed by atoms with van der Waals surface area (Å²) in [4.78, 5) is 22.9. The molecule has 1 saturated heterocycles. The number of aryl methyl sites for hydroxylation is 1. The molecule has 2 aliphatic heterocycles. The summed E-state index contributed by atoms with van der Waals surface area (Å²) in [5, 5.41) is 13.1. The van der Waals surface area contributed by atoms with Crippen LogP contribution in [0.25, 0.3) is 0 Å². The molecular formula is C18H23N7O2S. The first-order valence-corrected chi connectivity index (χ1v) is 10.9. The first kappa shape index (κ1) is 17.7. The van der Waals surface area contributed by atoms with Crippen molar-refractivity contribution in [1.82, 2.24) is 19.9 Å². The van der Waals surface area contributed by atoms with Crippen LogP contribution in [0.1, 0.15) is 18.5 Å². The summed E-state index contributed by atoms with van der Waals surface area (Å²) < 4.78 is 12.5. The highest BCUT2D eigenvalue weighted by Gasteiger charge is 2.44. The number of aliphatic hydroxyl groups is 1. The second kappa shape index (κ2) is 6.93. The SMILES string of the molecule is O=S1CCc2nc(N3CCN(c4ccncn4)CC3)nc(NC3(CO)CC3)c21. The van der Waals surface area contributed by atoms with Gasteiger partial charge in [-0.3, -0.25) is 4.21 Å². The molecule has 1 atom stereocenters. The molecule has 4 heterocycles. The number of anilines is 3. The van der Waals surface area contributed by atoms with E-state index in [4.69, 9.17) is 9.97 Å².